The first-order chi connectivity index (χ1) is 19.4. The topological polar surface area (TPSA) is 115 Å². The van der Waals surface area contributed by atoms with Crippen molar-refractivity contribution in [1.82, 2.24) is 4.90 Å². The molecule has 0 saturated heterocycles. The Balaban J connectivity index is 2.53. The lowest BCUT2D eigenvalue weighted by atomic mass is 9.59. The molecule has 0 saturated carbocycles. The minimum atomic E-state index is -2.67. The van der Waals surface area contributed by atoms with Gasteiger partial charge in [-0.1, -0.05) is 60.7 Å². The Labute approximate surface area is 232 Å². The van der Waals surface area contributed by atoms with E-state index in [1.165, 1.54) is 6.07 Å². The molecule has 0 aliphatic heterocycles. The number of carbonyl (C=O) groups excluding carboxylic acids is 6. The summed E-state index contributed by atoms with van der Waals surface area (Å²) in [7, 11) is 3.80. The molecule has 0 atom stereocenters. The number of ether oxygens (including phenoxy) is 1. The van der Waals surface area contributed by atoms with Crippen molar-refractivity contribution in [3.63, 3.8) is 0 Å². The highest BCUT2D eigenvalue weighted by atomic mass is 16.5. The maximum atomic E-state index is 12.9. The molecule has 0 heterocycles. The number of likely N-dealkylation sites (N-methyl/N-ethyl adjacent to an activating group) is 1. The monoisotopic (exact) mass is 539 g/mol. The summed E-state index contributed by atoms with van der Waals surface area (Å²) in [6.07, 6.45) is 0.899. The van der Waals surface area contributed by atoms with E-state index in [1.807, 2.05) is 19.0 Å². The van der Waals surface area contributed by atoms with Gasteiger partial charge in [-0.05, 0) is 60.1 Å². The number of aldehydes is 6. The minimum Gasteiger partial charge on any atom is -0.492 e. The fourth-order valence-corrected chi connectivity index (χ4v) is 4.48. The van der Waals surface area contributed by atoms with Crippen LogP contribution in [0.3, 0.4) is 0 Å². The van der Waals surface area contributed by atoms with Crippen molar-refractivity contribution in [3.8, 4) is 5.75 Å². The number of carbonyl (C=O) groups is 6. The number of hydrogen-bond donors (Lipinski definition) is 0. The van der Waals surface area contributed by atoms with Crippen LogP contribution in [0.5, 0.6) is 5.75 Å². The fourth-order valence-electron chi connectivity index (χ4n) is 4.48. The summed E-state index contributed by atoms with van der Waals surface area (Å²) in [6.45, 7) is 0.999. The van der Waals surface area contributed by atoms with E-state index in [-0.39, 0.29) is 48.1 Å². The Morgan fingerprint density at radius 2 is 1.27 bits per heavy atom. The van der Waals surface area contributed by atoms with E-state index in [9.17, 15) is 28.8 Å². The van der Waals surface area contributed by atoms with Gasteiger partial charge in [-0.25, -0.2) is 0 Å². The quantitative estimate of drug-likeness (QED) is 0.164. The van der Waals surface area contributed by atoms with Gasteiger partial charge >= 0.3 is 0 Å². The Hall–Kier alpha value is -4.82. The number of hydrogen-bond acceptors (Lipinski definition) is 8. The second-order valence-corrected chi connectivity index (χ2v) is 9.39. The van der Waals surface area contributed by atoms with Gasteiger partial charge in [0.1, 0.15) is 49.2 Å². The summed E-state index contributed by atoms with van der Waals surface area (Å²) in [5, 5.41) is 0. The van der Waals surface area contributed by atoms with Gasteiger partial charge in [0.15, 0.2) is 11.7 Å². The lowest BCUT2D eigenvalue weighted by Crippen LogP contribution is -2.50. The molecule has 3 rings (SSSR count). The van der Waals surface area contributed by atoms with Gasteiger partial charge in [0.05, 0.1) is 0 Å². The Morgan fingerprint density at radius 3 is 1.75 bits per heavy atom. The number of benzene rings is 3. The molecule has 0 aromatic heterocycles. The van der Waals surface area contributed by atoms with E-state index in [2.05, 4.69) is 0 Å². The maximum Gasteiger partial charge on any atom is 0.159 e. The molecule has 0 radical (unpaired) electrons. The van der Waals surface area contributed by atoms with E-state index >= 15 is 0 Å². The van der Waals surface area contributed by atoms with Crippen LogP contribution >= 0.6 is 0 Å². The van der Waals surface area contributed by atoms with E-state index in [0.717, 1.165) is 0 Å². The molecule has 0 aliphatic carbocycles. The van der Waals surface area contributed by atoms with Gasteiger partial charge < -0.3 is 33.6 Å². The lowest BCUT2D eigenvalue weighted by Gasteiger charge is -2.36. The minimum absolute atomic E-state index is 0.00365. The van der Waals surface area contributed by atoms with E-state index < -0.39 is 10.8 Å². The van der Waals surface area contributed by atoms with Gasteiger partial charge in [0.2, 0.25) is 0 Å². The molecule has 0 bridgehead atoms. The van der Waals surface area contributed by atoms with E-state index in [4.69, 9.17) is 4.74 Å². The largest absolute Gasteiger partial charge is 0.492 e. The standard InChI is InChI=1S/C32H29NO7/c1-33(2)15-16-40-27-13-14-28(26(17-27)18-34)29(24-9-5-3-6-10-24)30(25-11-7-4-8-12-25)32(22-38,23-39)31(19-35,20-36)21-37/h3-14,17-23H,15-16H2,1-2H3/b30-29-. The van der Waals surface area contributed by atoms with Crippen LogP contribution in [0.2, 0.25) is 0 Å². The van der Waals surface area contributed by atoms with Crippen molar-refractivity contribution in [3.05, 3.63) is 101 Å². The Morgan fingerprint density at radius 1 is 0.725 bits per heavy atom. The van der Waals surface area contributed by atoms with Gasteiger partial charge in [-0.2, -0.15) is 0 Å². The van der Waals surface area contributed by atoms with E-state index in [0.29, 0.717) is 41.9 Å². The molecular weight excluding hydrogens is 510 g/mol. The third kappa shape index (κ3) is 5.62. The van der Waals surface area contributed by atoms with Crippen LogP contribution in [-0.2, 0) is 24.0 Å². The maximum absolute atomic E-state index is 12.9. The molecule has 8 nitrogen and oxygen atoms in total. The number of nitrogens with zero attached hydrogens (tertiary/aromatic N) is 1. The first-order valence-corrected chi connectivity index (χ1v) is 12.4. The third-order valence-corrected chi connectivity index (χ3v) is 6.69. The summed E-state index contributed by atoms with van der Waals surface area (Å²) in [4.78, 5) is 77.1. The summed E-state index contributed by atoms with van der Waals surface area (Å²) >= 11 is 0. The molecule has 0 aliphatic rings. The highest BCUT2D eigenvalue weighted by Crippen LogP contribution is 2.49. The van der Waals surface area contributed by atoms with Crippen molar-refractivity contribution in [2.24, 2.45) is 10.8 Å². The predicted molar refractivity (Wildman–Crippen MR) is 150 cm³/mol. The molecule has 3 aromatic rings. The Kier molecular flexibility index (Phi) is 9.89. The van der Waals surface area contributed by atoms with Gasteiger partial charge in [-0.3, -0.25) is 4.79 Å². The molecule has 0 fully saturated rings. The van der Waals surface area contributed by atoms with Crippen molar-refractivity contribution < 1.29 is 33.5 Å². The molecule has 204 valence electrons. The first kappa shape index (κ1) is 29.7. The third-order valence-electron chi connectivity index (χ3n) is 6.69. The molecule has 40 heavy (non-hydrogen) atoms. The second kappa shape index (κ2) is 13.3. The first-order valence-electron chi connectivity index (χ1n) is 12.4. The molecule has 3 aromatic carbocycles. The summed E-state index contributed by atoms with van der Waals surface area (Å²) in [6, 6.07) is 21.5. The Bertz CT molecular complexity index is 1380. The molecule has 8 heteroatoms. The zero-order valence-electron chi connectivity index (χ0n) is 22.2. The SMILES string of the molecule is CN(C)CCOc1ccc(/C(=C(/c2ccccc2)C(C=O)(C=O)C(C=O)(C=O)C=O)c2ccccc2)c(C=O)c1. The van der Waals surface area contributed by atoms with Crippen molar-refractivity contribution in [1.29, 1.82) is 0 Å². The normalized spacial score (nSPS) is 12.2. The highest BCUT2D eigenvalue weighted by molar-refractivity contribution is 6.22. The average Bonchev–Trinajstić information content (AvgIpc) is 3.00. The van der Waals surface area contributed by atoms with Crippen LogP contribution in [-0.4, -0.2) is 69.9 Å². The number of rotatable bonds is 15. The lowest BCUT2D eigenvalue weighted by molar-refractivity contribution is -0.146. The van der Waals surface area contributed by atoms with Crippen LogP contribution in [0.4, 0.5) is 0 Å². The second-order valence-electron chi connectivity index (χ2n) is 9.39. The highest BCUT2D eigenvalue weighted by Gasteiger charge is 2.56. The number of allylic oxidation sites excluding steroid dienone is 1. The average molecular weight is 540 g/mol. The molecule has 0 N–H and O–H groups in total. The van der Waals surface area contributed by atoms with Crippen LogP contribution in [0, 0.1) is 10.8 Å². The van der Waals surface area contributed by atoms with Crippen molar-refractivity contribution in [2.45, 2.75) is 0 Å². The summed E-state index contributed by atoms with van der Waals surface area (Å²) < 4.78 is 5.79. The van der Waals surface area contributed by atoms with Gasteiger partial charge in [0.25, 0.3) is 0 Å². The van der Waals surface area contributed by atoms with Crippen LogP contribution < -0.4 is 4.74 Å². The predicted octanol–water partition coefficient (Wildman–Crippen LogP) is 3.37. The van der Waals surface area contributed by atoms with Crippen LogP contribution in [0.1, 0.15) is 27.0 Å². The summed E-state index contributed by atoms with van der Waals surface area (Å²) in [5.74, 6) is 0.418. The summed E-state index contributed by atoms with van der Waals surface area (Å²) in [5.41, 5.74) is -3.89. The molecule has 0 unspecified atom stereocenters. The van der Waals surface area contributed by atoms with Crippen molar-refractivity contribution >= 4 is 48.9 Å². The fraction of sp³-hybridized carbons (Fsp3) is 0.188. The van der Waals surface area contributed by atoms with E-state index in [1.54, 1.807) is 72.8 Å². The zero-order valence-corrected chi connectivity index (χ0v) is 22.2. The van der Waals surface area contributed by atoms with Crippen LogP contribution in [0.15, 0.2) is 78.9 Å². The molecular formula is C32H29NO7. The molecule has 0 spiro atoms. The smallest absolute Gasteiger partial charge is 0.159 e. The van der Waals surface area contributed by atoms with Gasteiger partial charge in [-0.15, -0.1) is 0 Å². The zero-order chi connectivity index (χ0) is 29.2. The van der Waals surface area contributed by atoms with Crippen molar-refractivity contribution in [2.75, 3.05) is 27.2 Å². The van der Waals surface area contributed by atoms with Crippen LogP contribution in [0.25, 0.3) is 11.1 Å². The van der Waals surface area contributed by atoms with Gasteiger partial charge in [0, 0.05) is 12.1 Å². The molecule has 0 amide bonds.